The van der Waals surface area contributed by atoms with E-state index in [1.54, 1.807) is 13.1 Å². The number of hydrogen-bond donors (Lipinski definition) is 0. The van der Waals surface area contributed by atoms with E-state index in [9.17, 15) is 14.9 Å². The third-order valence-electron chi connectivity index (χ3n) is 2.93. The second-order valence-corrected chi connectivity index (χ2v) is 5.00. The predicted octanol–water partition coefficient (Wildman–Crippen LogP) is 3.42. The van der Waals surface area contributed by atoms with E-state index in [4.69, 9.17) is 16.0 Å². The first-order valence-corrected chi connectivity index (χ1v) is 6.51. The third-order valence-corrected chi connectivity index (χ3v) is 3.24. The van der Waals surface area contributed by atoms with Crippen LogP contribution in [0.3, 0.4) is 0 Å². The van der Waals surface area contributed by atoms with E-state index < -0.39 is 4.92 Å². The molecule has 0 fully saturated rings. The van der Waals surface area contributed by atoms with Gasteiger partial charge in [-0.05, 0) is 25.1 Å². The fourth-order valence-electron chi connectivity index (χ4n) is 1.87. The van der Waals surface area contributed by atoms with Crippen molar-refractivity contribution in [3.8, 4) is 0 Å². The van der Waals surface area contributed by atoms with Gasteiger partial charge in [0.25, 0.3) is 11.6 Å². The number of furan rings is 1. The summed E-state index contributed by atoms with van der Waals surface area (Å²) >= 11 is 5.94. The topological polar surface area (TPSA) is 76.6 Å². The van der Waals surface area contributed by atoms with Crippen LogP contribution in [0.1, 0.15) is 21.9 Å². The molecule has 1 heterocycles. The van der Waals surface area contributed by atoms with Crippen LogP contribution >= 0.6 is 11.6 Å². The first kappa shape index (κ1) is 15.1. The van der Waals surface area contributed by atoms with Crippen molar-refractivity contribution in [1.82, 2.24) is 4.90 Å². The highest BCUT2D eigenvalue weighted by Crippen LogP contribution is 2.24. The minimum absolute atomic E-state index is 0.0525. The van der Waals surface area contributed by atoms with Crippen LogP contribution in [0.15, 0.2) is 34.7 Å². The Bertz CT molecular complexity index is 696. The van der Waals surface area contributed by atoms with E-state index >= 15 is 0 Å². The number of benzene rings is 1. The molecule has 0 unspecified atom stereocenters. The number of non-ortho nitro benzene ring substituents is 1. The normalized spacial score (nSPS) is 10.4. The highest BCUT2D eigenvalue weighted by molar-refractivity contribution is 6.34. The number of nitro groups is 1. The first-order valence-electron chi connectivity index (χ1n) is 6.13. The van der Waals surface area contributed by atoms with Gasteiger partial charge in [-0.15, -0.1) is 0 Å². The monoisotopic (exact) mass is 308 g/mol. The number of amides is 1. The molecule has 0 spiro atoms. The summed E-state index contributed by atoms with van der Waals surface area (Å²) < 4.78 is 5.40. The number of nitro benzene ring substituents is 1. The second-order valence-electron chi connectivity index (χ2n) is 4.59. The Morgan fingerprint density at radius 1 is 1.38 bits per heavy atom. The SMILES string of the molecule is Cc1ccc(CN(C)C(=O)c2ccc([N+](=O)[O-])cc2Cl)o1. The lowest BCUT2D eigenvalue weighted by Gasteiger charge is -2.16. The fourth-order valence-corrected chi connectivity index (χ4v) is 2.13. The Kier molecular flexibility index (Phi) is 4.28. The van der Waals surface area contributed by atoms with Crippen LogP contribution in [0, 0.1) is 17.0 Å². The summed E-state index contributed by atoms with van der Waals surface area (Å²) in [5.41, 5.74) is 0.0638. The second kappa shape index (κ2) is 5.97. The molecule has 0 aliphatic heterocycles. The number of carbonyl (C=O) groups is 1. The Labute approximate surface area is 126 Å². The minimum atomic E-state index is -0.560. The van der Waals surface area contributed by atoms with Gasteiger partial charge in [0.05, 0.1) is 22.1 Å². The highest BCUT2D eigenvalue weighted by atomic mass is 35.5. The van der Waals surface area contributed by atoms with E-state index in [0.29, 0.717) is 12.3 Å². The molecule has 1 aromatic heterocycles. The van der Waals surface area contributed by atoms with Gasteiger partial charge in [-0.25, -0.2) is 0 Å². The number of halogens is 1. The standard InChI is InChI=1S/C14H13ClN2O4/c1-9-3-5-11(21-9)8-16(2)14(18)12-6-4-10(17(19)20)7-13(12)15/h3-7H,8H2,1-2H3. The summed E-state index contributed by atoms with van der Waals surface area (Å²) in [5.74, 6) is 1.09. The van der Waals surface area contributed by atoms with E-state index in [0.717, 1.165) is 5.76 Å². The third kappa shape index (κ3) is 3.41. The van der Waals surface area contributed by atoms with Crippen molar-refractivity contribution < 1.29 is 14.1 Å². The predicted molar refractivity (Wildman–Crippen MR) is 77.3 cm³/mol. The lowest BCUT2D eigenvalue weighted by atomic mass is 10.2. The maximum absolute atomic E-state index is 12.3. The molecule has 2 aromatic rings. The van der Waals surface area contributed by atoms with E-state index in [1.807, 2.05) is 13.0 Å². The Morgan fingerprint density at radius 3 is 2.62 bits per heavy atom. The van der Waals surface area contributed by atoms with Crippen molar-refractivity contribution in [2.45, 2.75) is 13.5 Å². The van der Waals surface area contributed by atoms with Crippen LogP contribution < -0.4 is 0 Å². The smallest absolute Gasteiger partial charge is 0.270 e. The van der Waals surface area contributed by atoms with E-state index in [1.165, 1.54) is 23.1 Å². The van der Waals surface area contributed by atoms with Crippen LogP contribution in [0.5, 0.6) is 0 Å². The molecule has 6 nitrogen and oxygen atoms in total. The van der Waals surface area contributed by atoms with Crippen molar-refractivity contribution in [1.29, 1.82) is 0 Å². The minimum Gasteiger partial charge on any atom is -0.464 e. The molecule has 110 valence electrons. The molecule has 0 bridgehead atoms. The zero-order valence-corrected chi connectivity index (χ0v) is 12.3. The van der Waals surface area contributed by atoms with Gasteiger partial charge in [0.1, 0.15) is 11.5 Å². The summed E-state index contributed by atoms with van der Waals surface area (Å²) in [5, 5.41) is 10.7. The van der Waals surface area contributed by atoms with Crippen LogP contribution in [-0.4, -0.2) is 22.8 Å². The van der Waals surface area contributed by atoms with Crippen LogP contribution in [0.25, 0.3) is 0 Å². The zero-order chi connectivity index (χ0) is 15.6. The van der Waals surface area contributed by atoms with Crippen molar-refractivity contribution >= 4 is 23.2 Å². The van der Waals surface area contributed by atoms with Crippen molar-refractivity contribution in [2.24, 2.45) is 0 Å². The van der Waals surface area contributed by atoms with E-state index in [-0.39, 0.29) is 22.2 Å². The average Bonchev–Trinajstić information content (AvgIpc) is 2.83. The molecule has 21 heavy (non-hydrogen) atoms. The van der Waals surface area contributed by atoms with Gasteiger partial charge in [-0.3, -0.25) is 14.9 Å². The summed E-state index contributed by atoms with van der Waals surface area (Å²) in [6.07, 6.45) is 0. The van der Waals surface area contributed by atoms with Crippen LogP contribution in [0.4, 0.5) is 5.69 Å². The molecule has 0 saturated heterocycles. The summed E-state index contributed by atoms with van der Waals surface area (Å²) in [4.78, 5) is 23.8. The fraction of sp³-hybridized carbons (Fsp3) is 0.214. The lowest BCUT2D eigenvalue weighted by Crippen LogP contribution is -2.26. The Morgan fingerprint density at radius 2 is 2.10 bits per heavy atom. The van der Waals surface area contributed by atoms with Gasteiger partial charge < -0.3 is 9.32 Å². The van der Waals surface area contributed by atoms with E-state index in [2.05, 4.69) is 0 Å². The van der Waals surface area contributed by atoms with Crippen molar-refractivity contribution in [3.63, 3.8) is 0 Å². The first-order chi connectivity index (χ1) is 9.88. The molecular weight excluding hydrogens is 296 g/mol. The Hall–Kier alpha value is -2.34. The van der Waals surface area contributed by atoms with Crippen LogP contribution in [-0.2, 0) is 6.54 Å². The quantitative estimate of drug-likeness (QED) is 0.640. The molecule has 0 saturated carbocycles. The molecule has 0 radical (unpaired) electrons. The Balaban J connectivity index is 2.17. The summed E-state index contributed by atoms with van der Waals surface area (Å²) in [6, 6.07) is 7.37. The molecule has 0 aliphatic carbocycles. The van der Waals surface area contributed by atoms with Gasteiger partial charge in [0.2, 0.25) is 0 Å². The zero-order valence-electron chi connectivity index (χ0n) is 11.5. The summed E-state index contributed by atoms with van der Waals surface area (Å²) in [6.45, 7) is 2.11. The van der Waals surface area contributed by atoms with Gasteiger partial charge >= 0.3 is 0 Å². The number of hydrogen-bond acceptors (Lipinski definition) is 4. The van der Waals surface area contributed by atoms with Crippen LogP contribution in [0.2, 0.25) is 5.02 Å². The van der Waals surface area contributed by atoms with Gasteiger partial charge in [0, 0.05) is 19.2 Å². The molecule has 1 amide bonds. The average molecular weight is 309 g/mol. The molecule has 0 atom stereocenters. The maximum atomic E-state index is 12.3. The lowest BCUT2D eigenvalue weighted by molar-refractivity contribution is -0.384. The number of aryl methyl sites for hydroxylation is 1. The van der Waals surface area contributed by atoms with Gasteiger partial charge in [-0.2, -0.15) is 0 Å². The molecule has 7 heteroatoms. The van der Waals surface area contributed by atoms with Crippen molar-refractivity contribution in [2.75, 3.05) is 7.05 Å². The summed E-state index contributed by atoms with van der Waals surface area (Å²) in [7, 11) is 1.61. The van der Waals surface area contributed by atoms with Crippen molar-refractivity contribution in [3.05, 3.63) is 62.6 Å². The number of nitrogens with zero attached hydrogens (tertiary/aromatic N) is 2. The maximum Gasteiger partial charge on any atom is 0.270 e. The largest absolute Gasteiger partial charge is 0.464 e. The molecule has 2 rings (SSSR count). The van der Waals surface area contributed by atoms with Gasteiger partial charge in [-0.1, -0.05) is 11.6 Å². The number of rotatable bonds is 4. The molecule has 1 aromatic carbocycles. The number of carbonyl (C=O) groups excluding carboxylic acids is 1. The highest BCUT2D eigenvalue weighted by Gasteiger charge is 2.19. The molecular formula is C14H13ClN2O4. The molecule has 0 aliphatic rings. The molecule has 0 N–H and O–H groups in total. The van der Waals surface area contributed by atoms with Gasteiger partial charge in [0.15, 0.2) is 0 Å².